The van der Waals surface area contributed by atoms with Crippen LogP contribution in [0, 0.1) is 0 Å². The maximum atomic E-state index is 6.25. The van der Waals surface area contributed by atoms with Crippen LogP contribution in [0.5, 0.6) is 0 Å². The molecule has 0 amide bonds. The van der Waals surface area contributed by atoms with Crippen molar-refractivity contribution in [3.63, 3.8) is 0 Å². The molecule has 0 bridgehead atoms. The second-order valence-corrected chi connectivity index (χ2v) is 6.37. The Hall–Kier alpha value is -2.68. The molecular formula is C23H18O2. The highest BCUT2D eigenvalue weighted by Gasteiger charge is 2.41. The number of fused-ring (bicyclic) bond motifs is 3. The molecule has 1 saturated heterocycles. The van der Waals surface area contributed by atoms with Gasteiger partial charge in [-0.2, -0.15) is 0 Å². The van der Waals surface area contributed by atoms with Gasteiger partial charge in [0.05, 0.1) is 13.2 Å². The fourth-order valence-corrected chi connectivity index (χ4v) is 3.87. The predicted octanol–water partition coefficient (Wildman–Crippen LogP) is 5.24. The summed E-state index contributed by atoms with van der Waals surface area (Å²) in [4.78, 5) is 0. The van der Waals surface area contributed by atoms with E-state index in [-0.39, 0.29) is 0 Å². The minimum atomic E-state index is -0.842. The Morgan fingerprint density at radius 1 is 0.600 bits per heavy atom. The molecule has 4 aromatic rings. The molecule has 5 rings (SSSR count). The number of rotatable bonds is 2. The Morgan fingerprint density at radius 2 is 1.20 bits per heavy atom. The lowest BCUT2D eigenvalue weighted by molar-refractivity contribution is -0.128. The summed E-state index contributed by atoms with van der Waals surface area (Å²) in [7, 11) is 0. The third-order valence-electron chi connectivity index (χ3n) is 4.97. The maximum absolute atomic E-state index is 6.25. The highest BCUT2D eigenvalue weighted by molar-refractivity contribution is 6.09. The van der Waals surface area contributed by atoms with Gasteiger partial charge in [-0.15, -0.1) is 0 Å². The van der Waals surface area contributed by atoms with Crippen LogP contribution in [-0.2, 0) is 15.3 Å². The van der Waals surface area contributed by atoms with E-state index < -0.39 is 5.79 Å². The van der Waals surface area contributed by atoms with Crippen molar-refractivity contribution in [2.45, 2.75) is 5.79 Å². The van der Waals surface area contributed by atoms with Gasteiger partial charge in [0.15, 0.2) is 0 Å². The average Bonchev–Trinajstić information content (AvgIpc) is 3.19. The van der Waals surface area contributed by atoms with Gasteiger partial charge in [0, 0.05) is 11.1 Å². The van der Waals surface area contributed by atoms with E-state index in [1.54, 1.807) is 0 Å². The van der Waals surface area contributed by atoms with Crippen molar-refractivity contribution in [1.29, 1.82) is 0 Å². The largest absolute Gasteiger partial charge is 0.340 e. The standard InChI is InChI=1S/C23H18O2/c1-2-9-18(10-3-1)23(24-14-15-25-23)22-16-17-8-4-5-11-19(17)20-12-6-7-13-21(20)22/h1-13,16H,14-15H2. The van der Waals surface area contributed by atoms with Gasteiger partial charge < -0.3 is 9.47 Å². The first-order valence-corrected chi connectivity index (χ1v) is 8.63. The van der Waals surface area contributed by atoms with Gasteiger partial charge in [0.1, 0.15) is 0 Å². The monoisotopic (exact) mass is 326 g/mol. The molecule has 0 atom stereocenters. The third kappa shape index (κ3) is 2.19. The molecule has 4 aromatic carbocycles. The molecule has 1 aliphatic heterocycles. The number of hydrogen-bond acceptors (Lipinski definition) is 2. The van der Waals surface area contributed by atoms with Gasteiger partial charge in [-0.25, -0.2) is 0 Å². The lowest BCUT2D eigenvalue weighted by Gasteiger charge is -2.30. The van der Waals surface area contributed by atoms with Gasteiger partial charge in [-0.3, -0.25) is 0 Å². The SMILES string of the molecule is c1ccc(C2(c3cc4ccccc4c4ccccc34)OCCO2)cc1. The topological polar surface area (TPSA) is 18.5 Å². The van der Waals surface area contributed by atoms with Crippen LogP contribution in [0.15, 0.2) is 84.9 Å². The van der Waals surface area contributed by atoms with Crippen LogP contribution in [-0.4, -0.2) is 13.2 Å². The van der Waals surface area contributed by atoms with Crippen LogP contribution in [0.2, 0.25) is 0 Å². The normalized spacial score (nSPS) is 16.5. The summed E-state index contributed by atoms with van der Waals surface area (Å²) in [6.07, 6.45) is 0. The van der Waals surface area contributed by atoms with E-state index in [0.717, 1.165) is 11.1 Å². The molecule has 1 aliphatic rings. The van der Waals surface area contributed by atoms with Gasteiger partial charge in [-0.1, -0.05) is 78.9 Å². The molecule has 1 fully saturated rings. The first-order valence-electron chi connectivity index (χ1n) is 8.63. The van der Waals surface area contributed by atoms with E-state index in [0.29, 0.717) is 13.2 Å². The van der Waals surface area contributed by atoms with Crippen molar-refractivity contribution in [1.82, 2.24) is 0 Å². The average molecular weight is 326 g/mol. The molecular weight excluding hydrogens is 308 g/mol. The molecule has 0 unspecified atom stereocenters. The smallest absolute Gasteiger partial charge is 0.223 e. The van der Waals surface area contributed by atoms with E-state index in [1.165, 1.54) is 21.5 Å². The zero-order valence-electron chi connectivity index (χ0n) is 13.8. The fourth-order valence-electron chi connectivity index (χ4n) is 3.87. The van der Waals surface area contributed by atoms with Crippen LogP contribution in [0.4, 0.5) is 0 Å². The maximum Gasteiger partial charge on any atom is 0.223 e. The zero-order valence-corrected chi connectivity index (χ0v) is 13.8. The minimum Gasteiger partial charge on any atom is -0.340 e. The van der Waals surface area contributed by atoms with Crippen LogP contribution in [0.3, 0.4) is 0 Å². The first kappa shape index (κ1) is 14.6. The molecule has 0 aliphatic carbocycles. The van der Waals surface area contributed by atoms with E-state index in [9.17, 15) is 0 Å². The molecule has 0 aromatic heterocycles. The third-order valence-corrected chi connectivity index (χ3v) is 4.97. The van der Waals surface area contributed by atoms with E-state index in [1.807, 2.05) is 18.2 Å². The molecule has 2 heteroatoms. The van der Waals surface area contributed by atoms with Crippen molar-refractivity contribution in [2.24, 2.45) is 0 Å². The summed E-state index contributed by atoms with van der Waals surface area (Å²) in [5, 5.41) is 4.85. The van der Waals surface area contributed by atoms with Gasteiger partial charge in [0.25, 0.3) is 0 Å². The molecule has 2 nitrogen and oxygen atoms in total. The molecule has 0 spiro atoms. The van der Waals surface area contributed by atoms with Crippen molar-refractivity contribution < 1.29 is 9.47 Å². The highest BCUT2D eigenvalue weighted by Crippen LogP contribution is 2.43. The molecule has 0 N–H and O–H groups in total. The Kier molecular flexibility index (Phi) is 3.34. The summed E-state index contributed by atoms with van der Waals surface area (Å²) in [5.74, 6) is -0.842. The summed E-state index contributed by atoms with van der Waals surface area (Å²) in [5.41, 5.74) is 2.11. The van der Waals surface area contributed by atoms with Gasteiger partial charge >= 0.3 is 0 Å². The van der Waals surface area contributed by atoms with Gasteiger partial charge in [0.2, 0.25) is 5.79 Å². The van der Waals surface area contributed by atoms with Crippen molar-refractivity contribution in [3.05, 3.63) is 96.1 Å². The van der Waals surface area contributed by atoms with Crippen molar-refractivity contribution in [2.75, 3.05) is 13.2 Å². The van der Waals surface area contributed by atoms with Crippen molar-refractivity contribution in [3.8, 4) is 0 Å². The second-order valence-electron chi connectivity index (χ2n) is 6.37. The lowest BCUT2D eigenvalue weighted by atomic mass is 9.89. The van der Waals surface area contributed by atoms with Gasteiger partial charge in [-0.05, 0) is 27.6 Å². The molecule has 25 heavy (non-hydrogen) atoms. The van der Waals surface area contributed by atoms with Crippen LogP contribution >= 0.6 is 0 Å². The fraction of sp³-hybridized carbons (Fsp3) is 0.130. The molecule has 122 valence electrons. The Bertz CT molecular complexity index is 1050. The van der Waals surface area contributed by atoms with Crippen LogP contribution in [0.1, 0.15) is 11.1 Å². The highest BCUT2D eigenvalue weighted by atomic mass is 16.7. The Labute approximate surface area is 146 Å². The van der Waals surface area contributed by atoms with Crippen LogP contribution < -0.4 is 0 Å². The quantitative estimate of drug-likeness (QED) is 0.469. The van der Waals surface area contributed by atoms with E-state index in [4.69, 9.17) is 9.47 Å². The molecule has 0 saturated carbocycles. The summed E-state index contributed by atoms with van der Waals surface area (Å²) in [6.45, 7) is 1.19. The van der Waals surface area contributed by atoms with Crippen molar-refractivity contribution >= 4 is 21.5 Å². The van der Waals surface area contributed by atoms with Crippen LogP contribution in [0.25, 0.3) is 21.5 Å². The second kappa shape index (κ2) is 5.69. The number of benzene rings is 4. The Balaban J connectivity index is 1.89. The first-order chi connectivity index (χ1) is 12.4. The Morgan fingerprint density at radius 3 is 1.96 bits per heavy atom. The molecule has 0 radical (unpaired) electrons. The predicted molar refractivity (Wildman–Crippen MR) is 101 cm³/mol. The number of hydrogen-bond donors (Lipinski definition) is 0. The number of ether oxygens (including phenoxy) is 2. The zero-order chi connectivity index (χ0) is 16.7. The minimum absolute atomic E-state index is 0.593. The summed E-state index contributed by atoms with van der Waals surface area (Å²) in [6, 6.07) is 29.4. The van der Waals surface area contributed by atoms with E-state index >= 15 is 0 Å². The lowest BCUT2D eigenvalue weighted by Crippen LogP contribution is -2.29. The summed E-state index contributed by atoms with van der Waals surface area (Å²) < 4.78 is 12.5. The van der Waals surface area contributed by atoms with E-state index in [2.05, 4.69) is 66.7 Å². The summed E-state index contributed by atoms with van der Waals surface area (Å²) >= 11 is 0. The molecule has 1 heterocycles.